The minimum atomic E-state index is -1.15. The maximum absolute atomic E-state index is 12.9. The first-order valence-electron chi connectivity index (χ1n) is 10.8. The van der Waals surface area contributed by atoms with Crippen LogP contribution < -0.4 is 5.32 Å². The van der Waals surface area contributed by atoms with Gasteiger partial charge >= 0.3 is 5.97 Å². The normalized spacial score (nSPS) is 19.7. The number of rotatable bonds is 6. The third kappa shape index (κ3) is 3.91. The second-order valence-corrected chi connectivity index (χ2v) is 11.5. The number of fused-ring (bicyclic) bond motifs is 4. The molecular weight excluding hydrogens is 504 g/mol. The lowest BCUT2D eigenvalue weighted by Gasteiger charge is -2.49. The minimum Gasteiger partial charge on any atom is -0.477 e. The summed E-state index contributed by atoms with van der Waals surface area (Å²) in [5.74, 6) is -1.37. The topological polar surface area (TPSA) is 99.9 Å². The fraction of sp³-hybridized carbons (Fsp3) is 0.160. The Balaban J connectivity index is 1.23. The summed E-state index contributed by atoms with van der Waals surface area (Å²) in [6.45, 7) is 0. The number of thiophene rings is 1. The van der Waals surface area contributed by atoms with Crippen molar-refractivity contribution in [2.75, 3.05) is 5.75 Å². The van der Waals surface area contributed by atoms with Crippen molar-refractivity contribution in [3.05, 3.63) is 75.5 Å². The Morgan fingerprint density at radius 1 is 1.11 bits per heavy atom. The van der Waals surface area contributed by atoms with Crippen molar-refractivity contribution < 1.29 is 23.9 Å². The highest BCUT2D eigenvalue weighted by atomic mass is 32.2. The van der Waals surface area contributed by atoms with E-state index in [-0.39, 0.29) is 18.0 Å². The molecule has 0 aliphatic carbocycles. The zero-order chi connectivity index (χ0) is 24.1. The van der Waals surface area contributed by atoms with Gasteiger partial charge in [-0.15, -0.1) is 23.1 Å². The van der Waals surface area contributed by atoms with Crippen LogP contribution in [0.15, 0.2) is 79.9 Å². The van der Waals surface area contributed by atoms with Crippen molar-refractivity contribution in [1.82, 2.24) is 10.2 Å². The molecule has 1 unspecified atom stereocenters. The Morgan fingerprint density at radius 3 is 2.74 bits per heavy atom. The number of nitrogens with zero attached hydrogens (tertiary/aromatic N) is 1. The van der Waals surface area contributed by atoms with Crippen LogP contribution in [0.4, 0.5) is 0 Å². The van der Waals surface area contributed by atoms with Gasteiger partial charge in [-0.3, -0.25) is 14.5 Å². The van der Waals surface area contributed by atoms with E-state index in [4.69, 9.17) is 4.42 Å². The van der Waals surface area contributed by atoms with Crippen LogP contribution in [-0.2, 0) is 20.8 Å². The van der Waals surface area contributed by atoms with Gasteiger partial charge < -0.3 is 14.8 Å². The van der Waals surface area contributed by atoms with Crippen LogP contribution in [0, 0.1) is 0 Å². The molecule has 0 spiro atoms. The van der Waals surface area contributed by atoms with E-state index in [1.165, 1.54) is 39.8 Å². The fourth-order valence-corrected chi connectivity index (χ4v) is 7.58. The van der Waals surface area contributed by atoms with Gasteiger partial charge in [0.1, 0.15) is 28.3 Å². The molecule has 10 heteroatoms. The molecule has 2 aromatic carbocycles. The lowest BCUT2D eigenvalue weighted by Crippen LogP contribution is -2.70. The average molecular weight is 523 g/mol. The van der Waals surface area contributed by atoms with Crippen LogP contribution >= 0.6 is 34.9 Å². The highest BCUT2D eigenvalue weighted by molar-refractivity contribution is 8.06. The van der Waals surface area contributed by atoms with Crippen LogP contribution in [0.1, 0.15) is 4.88 Å². The summed E-state index contributed by atoms with van der Waals surface area (Å²) in [6.07, 6.45) is 0.200. The summed E-state index contributed by atoms with van der Waals surface area (Å²) in [5.41, 5.74) is 1.50. The first kappa shape index (κ1) is 22.3. The molecule has 6 rings (SSSR count). The molecule has 2 aliphatic heterocycles. The van der Waals surface area contributed by atoms with Gasteiger partial charge in [0.15, 0.2) is 0 Å². The molecular formula is C25H18N2O5S3. The highest BCUT2D eigenvalue weighted by Gasteiger charge is 2.54. The van der Waals surface area contributed by atoms with Crippen LogP contribution in [0.25, 0.3) is 21.9 Å². The molecule has 0 radical (unpaired) electrons. The fourth-order valence-electron chi connectivity index (χ4n) is 4.38. The Hall–Kier alpha value is -3.21. The molecule has 1 saturated heterocycles. The van der Waals surface area contributed by atoms with Crippen LogP contribution in [0.2, 0.25) is 0 Å². The second kappa shape index (κ2) is 8.78. The number of nitrogens with one attached hydrogen (secondary N) is 1. The Morgan fingerprint density at radius 2 is 1.94 bits per heavy atom. The molecule has 2 atom stereocenters. The van der Waals surface area contributed by atoms with E-state index in [9.17, 15) is 19.5 Å². The number of thioether (sulfide) groups is 2. The predicted molar refractivity (Wildman–Crippen MR) is 137 cm³/mol. The summed E-state index contributed by atoms with van der Waals surface area (Å²) in [4.78, 5) is 41.1. The van der Waals surface area contributed by atoms with E-state index >= 15 is 0 Å². The number of amides is 2. The summed E-state index contributed by atoms with van der Waals surface area (Å²) in [7, 11) is 0. The lowest BCUT2D eigenvalue weighted by molar-refractivity contribution is -0.150. The summed E-state index contributed by atoms with van der Waals surface area (Å²) in [5, 5.41) is 16.2. The Labute approximate surface area is 212 Å². The van der Waals surface area contributed by atoms with E-state index in [0.717, 1.165) is 31.7 Å². The molecule has 0 bridgehead atoms. The number of benzene rings is 2. The second-order valence-electron chi connectivity index (χ2n) is 8.15. The molecule has 2 amide bonds. The molecule has 4 aromatic rings. The number of para-hydroxylation sites is 1. The summed E-state index contributed by atoms with van der Waals surface area (Å²) < 4.78 is 5.96. The van der Waals surface area contributed by atoms with Crippen molar-refractivity contribution in [2.45, 2.75) is 22.7 Å². The van der Waals surface area contributed by atoms with Gasteiger partial charge in [-0.25, -0.2) is 4.79 Å². The van der Waals surface area contributed by atoms with Gasteiger partial charge in [0.25, 0.3) is 5.91 Å². The van der Waals surface area contributed by atoms with Gasteiger partial charge in [-0.1, -0.05) is 36.0 Å². The first-order chi connectivity index (χ1) is 17.0. The van der Waals surface area contributed by atoms with E-state index < -0.39 is 23.3 Å². The van der Waals surface area contributed by atoms with Gasteiger partial charge in [0.2, 0.25) is 5.91 Å². The molecule has 1 fully saturated rings. The summed E-state index contributed by atoms with van der Waals surface area (Å²) in [6, 6.07) is 16.6. The van der Waals surface area contributed by atoms with Crippen LogP contribution in [0.5, 0.6) is 0 Å². The van der Waals surface area contributed by atoms with Crippen molar-refractivity contribution >= 4 is 74.6 Å². The maximum Gasteiger partial charge on any atom is 0.353 e. The minimum absolute atomic E-state index is 0.0165. The standard InChI is InChI=1S/C25H18N2O5S3/c28-20(11-13-4-3-9-33-13)26-21-23(29)27-22(25(30)31)19(12-34-24(21)27)35-14-7-8-16-15-5-1-2-6-17(15)32-18(16)10-14/h1-10,21,24H,11-12H2,(H,26,28)(H,30,31)/t21?,24-/m0/s1. The largest absolute Gasteiger partial charge is 0.477 e. The molecule has 0 saturated carbocycles. The third-order valence-electron chi connectivity index (χ3n) is 5.96. The molecule has 35 heavy (non-hydrogen) atoms. The van der Waals surface area contributed by atoms with Crippen molar-refractivity contribution in [3.63, 3.8) is 0 Å². The number of furan rings is 1. The van der Waals surface area contributed by atoms with E-state index in [2.05, 4.69) is 5.32 Å². The molecule has 4 heterocycles. The molecule has 2 N–H and O–H groups in total. The third-order valence-corrected chi connectivity index (χ3v) is 9.37. The van der Waals surface area contributed by atoms with Crippen LogP contribution in [0.3, 0.4) is 0 Å². The van der Waals surface area contributed by atoms with Gasteiger partial charge in [0, 0.05) is 31.2 Å². The molecule has 7 nitrogen and oxygen atoms in total. The Kier molecular flexibility index (Phi) is 5.58. The number of aliphatic carboxylic acids is 1. The molecule has 176 valence electrons. The first-order valence-corrected chi connectivity index (χ1v) is 13.6. The maximum atomic E-state index is 12.9. The molecule has 2 aliphatic rings. The van der Waals surface area contributed by atoms with E-state index in [1.807, 2.05) is 60.0 Å². The van der Waals surface area contributed by atoms with E-state index in [0.29, 0.717) is 10.7 Å². The predicted octanol–water partition coefficient (Wildman–Crippen LogP) is 4.68. The number of carboxylic acids is 1. The zero-order valence-electron chi connectivity index (χ0n) is 18.1. The average Bonchev–Trinajstić information content (AvgIpc) is 3.49. The number of carbonyl (C=O) groups excluding carboxylic acids is 2. The quantitative estimate of drug-likeness (QED) is 0.355. The van der Waals surface area contributed by atoms with Gasteiger partial charge in [-0.05, 0) is 35.7 Å². The molecule has 2 aromatic heterocycles. The number of carboxylic acid groups (broad SMARTS) is 1. The number of hydrogen-bond donors (Lipinski definition) is 2. The zero-order valence-corrected chi connectivity index (χ0v) is 20.5. The van der Waals surface area contributed by atoms with E-state index in [1.54, 1.807) is 0 Å². The van der Waals surface area contributed by atoms with Crippen molar-refractivity contribution in [2.24, 2.45) is 0 Å². The number of carbonyl (C=O) groups is 3. The number of hydrogen-bond acceptors (Lipinski definition) is 7. The SMILES string of the molecule is O=C(Cc1cccs1)NC1C(=O)N2C(C(=O)O)=C(Sc3ccc4c(c3)oc3ccccc34)CS[C@@H]12. The Bertz CT molecular complexity index is 1520. The van der Waals surface area contributed by atoms with Crippen LogP contribution in [-0.4, -0.2) is 45.0 Å². The van der Waals surface area contributed by atoms with Gasteiger partial charge in [0.05, 0.1) is 6.42 Å². The number of β-lactam (4-membered cyclic amide) rings is 1. The highest BCUT2D eigenvalue weighted by Crippen LogP contribution is 2.45. The monoisotopic (exact) mass is 522 g/mol. The summed E-state index contributed by atoms with van der Waals surface area (Å²) >= 11 is 4.26. The smallest absolute Gasteiger partial charge is 0.353 e. The lowest BCUT2D eigenvalue weighted by atomic mass is 10.0. The van der Waals surface area contributed by atoms with Crippen molar-refractivity contribution in [1.29, 1.82) is 0 Å². The van der Waals surface area contributed by atoms with Gasteiger partial charge in [-0.2, -0.15) is 0 Å². The van der Waals surface area contributed by atoms with Crippen molar-refractivity contribution in [3.8, 4) is 0 Å².